The van der Waals surface area contributed by atoms with E-state index >= 15 is 0 Å². The second-order valence-corrected chi connectivity index (χ2v) is 5.66. The largest absolute Gasteiger partial charge is 0.396 e. The molecule has 0 aliphatic carbocycles. The fourth-order valence-electron chi connectivity index (χ4n) is 1.48. The van der Waals surface area contributed by atoms with Gasteiger partial charge in [0.05, 0.1) is 6.61 Å². The lowest BCUT2D eigenvalue weighted by Gasteiger charge is -2.03. The highest BCUT2D eigenvalue weighted by Gasteiger charge is 2.10. The zero-order valence-corrected chi connectivity index (χ0v) is 11.5. The molecule has 0 radical (unpaired) electrons. The summed E-state index contributed by atoms with van der Waals surface area (Å²) in [7, 11) is 1.82. The van der Waals surface area contributed by atoms with Crippen molar-refractivity contribution < 1.29 is 5.11 Å². The highest BCUT2D eigenvalue weighted by atomic mass is 32.2. The molecule has 0 unspecified atom stereocenters. The maximum atomic E-state index is 8.90. The lowest BCUT2D eigenvalue weighted by molar-refractivity contribution is 0.322. The second kappa shape index (κ2) is 5.66. The number of hydrogen-bond acceptors (Lipinski definition) is 6. The molecule has 0 spiro atoms. The average Bonchev–Trinajstić information content (AvgIpc) is 2.78. The van der Waals surface area contributed by atoms with Crippen LogP contribution in [0, 0.1) is 0 Å². The van der Waals surface area contributed by atoms with E-state index < -0.39 is 0 Å². The van der Waals surface area contributed by atoms with Crippen LogP contribution >= 0.6 is 23.1 Å². The van der Waals surface area contributed by atoms with Gasteiger partial charge in [-0.2, -0.15) is 0 Å². The number of aryl methyl sites for hydroxylation is 1. The van der Waals surface area contributed by atoms with Crippen LogP contribution in [-0.4, -0.2) is 34.5 Å². The minimum Gasteiger partial charge on any atom is -0.396 e. The normalized spacial score (nSPS) is 11.0. The number of nitrogens with zero attached hydrogens (tertiary/aromatic N) is 2. The fraction of sp³-hybridized carbons (Fsp3) is 0.455. The topological polar surface area (TPSA) is 58.0 Å². The Balaban J connectivity index is 2.48. The Morgan fingerprint density at radius 2 is 2.29 bits per heavy atom. The number of aromatic nitrogens is 2. The summed E-state index contributed by atoms with van der Waals surface area (Å²) in [5, 5.41) is 13.9. The summed E-state index contributed by atoms with van der Waals surface area (Å²) in [6.07, 6.45) is 1.01. The molecule has 17 heavy (non-hydrogen) atoms. The van der Waals surface area contributed by atoms with Crippen molar-refractivity contribution in [3.8, 4) is 0 Å². The van der Waals surface area contributed by atoms with Gasteiger partial charge in [-0.05, 0) is 12.5 Å². The molecule has 0 fully saturated rings. The summed E-state index contributed by atoms with van der Waals surface area (Å²) in [4.78, 5) is 11.2. The molecule has 2 N–H and O–H groups in total. The molecule has 2 aromatic heterocycles. The molecular weight excluding hydrogens is 254 g/mol. The van der Waals surface area contributed by atoms with Gasteiger partial charge in [0, 0.05) is 23.1 Å². The van der Waals surface area contributed by atoms with E-state index in [1.807, 2.05) is 7.05 Å². The molecule has 0 bridgehead atoms. The van der Waals surface area contributed by atoms with Crippen molar-refractivity contribution in [2.24, 2.45) is 0 Å². The maximum absolute atomic E-state index is 8.90. The predicted octanol–water partition coefficient (Wildman–Crippen LogP) is 2.38. The van der Waals surface area contributed by atoms with Gasteiger partial charge >= 0.3 is 0 Å². The first-order chi connectivity index (χ1) is 8.28. The van der Waals surface area contributed by atoms with Crippen molar-refractivity contribution in [2.75, 3.05) is 24.7 Å². The molecule has 2 aromatic rings. The Labute approximate surface area is 108 Å². The van der Waals surface area contributed by atoms with Gasteiger partial charge in [0.15, 0.2) is 0 Å². The van der Waals surface area contributed by atoms with Gasteiger partial charge in [-0.25, -0.2) is 9.97 Å². The van der Waals surface area contributed by atoms with Crippen LogP contribution in [0.15, 0.2) is 11.1 Å². The first-order valence-corrected chi connectivity index (χ1v) is 7.30. The number of thiophene rings is 1. The summed E-state index contributed by atoms with van der Waals surface area (Å²) in [6, 6.07) is 2.15. The number of nitrogens with one attached hydrogen (secondary N) is 1. The third kappa shape index (κ3) is 2.70. The minimum atomic E-state index is 0.163. The first kappa shape index (κ1) is 12.6. The van der Waals surface area contributed by atoms with Crippen LogP contribution in [0.1, 0.15) is 11.8 Å². The van der Waals surface area contributed by atoms with Gasteiger partial charge in [-0.1, -0.05) is 6.92 Å². The zero-order valence-electron chi connectivity index (χ0n) is 9.86. The summed E-state index contributed by atoms with van der Waals surface area (Å²) >= 11 is 3.28. The molecule has 2 rings (SSSR count). The Morgan fingerprint density at radius 1 is 1.47 bits per heavy atom. The molecule has 92 valence electrons. The molecule has 0 aliphatic rings. The van der Waals surface area contributed by atoms with Crippen LogP contribution in [-0.2, 0) is 6.42 Å². The Kier molecular flexibility index (Phi) is 4.20. The highest BCUT2D eigenvalue weighted by Crippen LogP contribution is 2.32. The molecule has 0 amide bonds. The second-order valence-electron chi connectivity index (χ2n) is 3.46. The van der Waals surface area contributed by atoms with Crippen molar-refractivity contribution in [1.82, 2.24) is 9.97 Å². The number of hydrogen-bond donors (Lipinski definition) is 2. The quantitative estimate of drug-likeness (QED) is 0.644. The van der Waals surface area contributed by atoms with Crippen molar-refractivity contribution in [2.45, 2.75) is 18.4 Å². The van der Waals surface area contributed by atoms with Crippen LogP contribution in [0.5, 0.6) is 0 Å². The molecule has 0 aromatic carbocycles. The number of fused-ring (bicyclic) bond motifs is 1. The van der Waals surface area contributed by atoms with E-state index in [2.05, 4.69) is 28.3 Å². The van der Waals surface area contributed by atoms with Crippen molar-refractivity contribution in [3.05, 3.63) is 10.9 Å². The smallest absolute Gasteiger partial charge is 0.224 e. The molecular formula is C11H15N3OS2. The third-order valence-corrected chi connectivity index (χ3v) is 4.46. The molecule has 2 heterocycles. The van der Waals surface area contributed by atoms with Gasteiger partial charge in [0.2, 0.25) is 5.95 Å². The van der Waals surface area contributed by atoms with Gasteiger partial charge in [-0.15, -0.1) is 23.1 Å². The van der Waals surface area contributed by atoms with Gasteiger partial charge in [0.25, 0.3) is 0 Å². The number of rotatable bonds is 5. The van der Waals surface area contributed by atoms with E-state index in [1.54, 1.807) is 23.1 Å². The van der Waals surface area contributed by atoms with E-state index in [-0.39, 0.29) is 6.61 Å². The van der Waals surface area contributed by atoms with E-state index in [9.17, 15) is 0 Å². The van der Waals surface area contributed by atoms with E-state index in [0.29, 0.717) is 11.7 Å². The number of aliphatic hydroxyl groups is 1. The fourth-order valence-corrected chi connectivity index (χ4v) is 3.26. The van der Waals surface area contributed by atoms with Crippen LogP contribution in [0.2, 0.25) is 0 Å². The zero-order chi connectivity index (χ0) is 12.3. The monoisotopic (exact) mass is 269 g/mol. The van der Waals surface area contributed by atoms with Crippen molar-refractivity contribution in [1.29, 1.82) is 0 Å². The van der Waals surface area contributed by atoms with Crippen molar-refractivity contribution in [3.63, 3.8) is 0 Å². The number of anilines is 1. The number of aliphatic hydroxyl groups excluding tert-OH is 1. The summed E-state index contributed by atoms with van der Waals surface area (Å²) in [5.41, 5.74) is 0. The molecule has 6 heteroatoms. The number of thioether (sulfide) groups is 1. The van der Waals surface area contributed by atoms with Crippen LogP contribution < -0.4 is 5.32 Å². The molecule has 4 nitrogen and oxygen atoms in total. The first-order valence-electron chi connectivity index (χ1n) is 5.50. The Morgan fingerprint density at radius 3 is 2.94 bits per heavy atom. The summed E-state index contributed by atoms with van der Waals surface area (Å²) in [5.74, 6) is 1.30. The highest BCUT2D eigenvalue weighted by molar-refractivity contribution is 7.99. The van der Waals surface area contributed by atoms with Crippen LogP contribution in [0.3, 0.4) is 0 Å². The SMILES string of the molecule is CCc1cc2c(SCCO)nc(NC)nc2s1. The maximum Gasteiger partial charge on any atom is 0.224 e. The summed E-state index contributed by atoms with van der Waals surface area (Å²) < 4.78 is 0. The Hall–Kier alpha value is -0.850. The Bertz CT molecular complexity index is 513. The van der Waals surface area contributed by atoms with Gasteiger partial charge in [-0.3, -0.25) is 0 Å². The molecule has 0 saturated heterocycles. The third-order valence-electron chi connectivity index (χ3n) is 2.31. The van der Waals surface area contributed by atoms with E-state index in [1.165, 1.54) is 4.88 Å². The molecule has 0 atom stereocenters. The minimum absolute atomic E-state index is 0.163. The van der Waals surface area contributed by atoms with Crippen LogP contribution in [0.4, 0.5) is 5.95 Å². The van der Waals surface area contributed by atoms with E-state index in [0.717, 1.165) is 21.7 Å². The molecule has 0 saturated carbocycles. The lowest BCUT2D eigenvalue weighted by Crippen LogP contribution is -1.98. The lowest BCUT2D eigenvalue weighted by atomic mass is 10.3. The predicted molar refractivity (Wildman–Crippen MR) is 74.1 cm³/mol. The van der Waals surface area contributed by atoms with Gasteiger partial charge < -0.3 is 10.4 Å². The van der Waals surface area contributed by atoms with E-state index in [4.69, 9.17) is 5.11 Å². The standard InChI is InChI=1S/C11H15N3OS2/c1-3-7-6-8-9(16-5-4-15)13-11(12-2)14-10(8)17-7/h6,15H,3-5H2,1-2H3,(H,12,13,14). The molecule has 0 aliphatic heterocycles. The summed E-state index contributed by atoms with van der Waals surface area (Å²) in [6.45, 7) is 2.30. The van der Waals surface area contributed by atoms with Gasteiger partial charge in [0.1, 0.15) is 9.86 Å². The van der Waals surface area contributed by atoms with Crippen LogP contribution in [0.25, 0.3) is 10.2 Å². The average molecular weight is 269 g/mol. The van der Waals surface area contributed by atoms with Crippen molar-refractivity contribution >= 4 is 39.3 Å².